The average molecular weight is 492 g/mol. The Morgan fingerprint density at radius 1 is 1.06 bits per heavy atom. The second-order valence-corrected chi connectivity index (χ2v) is 10.9. The fraction of sp³-hybridized carbons (Fsp3) is 0.542. The van der Waals surface area contributed by atoms with Crippen molar-refractivity contribution in [2.75, 3.05) is 45.9 Å². The maximum atomic E-state index is 13.1. The highest BCUT2D eigenvalue weighted by Gasteiger charge is 2.32. The molecule has 10 heteroatoms. The number of aryl methyl sites for hydroxylation is 1. The van der Waals surface area contributed by atoms with Gasteiger partial charge in [-0.1, -0.05) is 0 Å². The van der Waals surface area contributed by atoms with Crippen LogP contribution in [0.4, 0.5) is 0 Å². The van der Waals surface area contributed by atoms with Crippen LogP contribution in [0.15, 0.2) is 45.7 Å². The molecule has 4 rings (SSSR count). The number of amides is 1. The molecule has 186 valence electrons. The number of carbonyl (C=O) groups excluding carboxylic acids is 1. The van der Waals surface area contributed by atoms with Gasteiger partial charge in [0.15, 0.2) is 0 Å². The van der Waals surface area contributed by atoms with E-state index in [2.05, 4.69) is 10.2 Å². The molecule has 0 radical (unpaired) electrons. The van der Waals surface area contributed by atoms with E-state index in [0.29, 0.717) is 38.4 Å². The van der Waals surface area contributed by atoms with Gasteiger partial charge < -0.3 is 19.2 Å². The van der Waals surface area contributed by atoms with E-state index in [1.54, 1.807) is 12.1 Å². The summed E-state index contributed by atoms with van der Waals surface area (Å²) in [6, 6.07) is 9.84. The lowest BCUT2D eigenvalue weighted by atomic mass is 10.1. The Morgan fingerprint density at radius 2 is 1.71 bits per heavy atom. The van der Waals surface area contributed by atoms with Gasteiger partial charge in [0.2, 0.25) is 10.0 Å². The van der Waals surface area contributed by atoms with Gasteiger partial charge in [0, 0.05) is 38.3 Å². The van der Waals surface area contributed by atoms with E-state index in [9.17, 15) is 13.2 Å². The second kappa shape index (κ2) is 10.6. The number of ether oxygens (including phenoxy) is 2. The first-order valence-electron chi connectivity index (χ1n) is 11.7. The van der Waals surface area contributed by atoms with Gasteiger partial charge in [-0.25, -0.2) is 8.42 Å². The molecule has 3 atom stereocenters. The molecule has 0 bridgehead atoms. The minimum absolute atomic E-state index is 0.105. The third kappa shape index (κ3) is 5.69. The fourth-order valence-corrected chi connectivity index (χ4v) is 6.07. The van der Waals surface area contributed by atoms with E-state index in [-0.39, 0.29) is 29.1 Å². The molecular formula is C24H33N3O6S. The van der Waals surface area contributed by atoms with Gasteiger partial charge in [0.25, 0.3) is 5.91 Å². The standard InChI is InChI=1S/C24H33N3O6S/c1-17-4-9-23(33-17)22(26-10-12-31-13-11-26)14-25-24(28)20-5-7-21(8-6-20)34(29,30)27-15-18(2)32-19(3)16-27/h4-9,18-19,22H,10-16H2,1-3H3,(H,25,28). The summed E-state index contributed by atoms with van der Waals surface area (Å²) in [7, 11) is -3.65. The average Bonchev–Trinajstić information content (AvgIpc) is 3.25. The number of hydrogen-bond acceptors (Lipinski definition) is 7. The van der Waals surface area contributed by atoms with Crippen molar-refractivity contribution in [1.29, 1.82) is 0 Å². The quantitative estimate of drug-likeness (QED) is 0.634. The molecule has 0 saturated carbocycles. The van der Waals surface area contributed by atoms with E-state index >= 15 is 0 Å². The summed E-state index contributed by atoms with van der Waals surface area (Å²) >= 11 is 0. The summed E-state index contributed by atoms with van der Waals surface area (Å²) in [5.41, 5.74) is 0.402. The summed E-state index contributed by atoms with van der Waals surface area (Å²) in [6.07, 6.45) is -0.332. The zero-order valence-corrected chi connectivity index (χ0v) is 20.7. The Bertz CT molecular complexity index is 1070. The van der Waals surface area contributed by atoms with E-state index in [1.165, 1.54) is 16.4 Å². The topological polar surface area (TPSA) is 101 Å². The van der Waals surface area contributed by atoms with Crippen LogP contribution in [0.1, 0.15) is 41.8 Å². The van der Waals surface area contributed by atoms with Crippen molar-refractivity contribution in [3.05, 3.63) is 53.5 Å². The van der Waals surface area contributed by atoms with Crippen molar-refractivity contribution in [1.82, 2.24) is 14.5 Å². The predicted octanol–water partition coefficient (Wildman–Crippen LogP) is 2.19. The summed E-state index contributed by atoms with van der Waals surface area (Å²) in [5.74, 6) is 1.36. The van der Waals surface area contributed by atoms with Gasteiger partial charge in [-0.2, -0.15) is 4.31 Å². The minimum atomic E-state index is -3.65. The Labute approximate surface area is 201 Å². The molecule has 1 aromatic heterocycles. The largest absolute Gasteiger partial charge is 0.465 e. The van der Waals surface area contributed by atoms with Crippen LogP contribution in [0.5, 0.6) is 0 Å². The Hall–Kier alpha value is -2.24. The van der Waals surface area contributed by atoms with E-state index in [0.717, 1.165) is 24.6 Å². The van der Waals surface area contributed by atoms with Crippen LogP contribution >= 0.6 is 0 Å². The van der Waals surface area contributed by atoms with Gasteiger partial charge in [-0.05, 0) is 57.2 Å². The Balaban J connectivity index is 1.42. The number of hydrogen-bond donors (Lipinski definition) is 1. The van der Waals surface area contributed by atoms with E-state index in [1.807, 2.05) is 32.9 Å². The lowest BCUT2D eigenvalue weighted by Gasteiger charge is -2.34. The van der Waals surface area contributed by atoms with Crippen molar-refractivity contribution >= 4 is 15.9 Å². The molecular weight excluding hydrogens is 458 g/mol. The molecule has 2 aliphatic heterocycles. The van der Waals surface area contributed by atoms with E-state index in [4.69, 9.17) is 13.9 Å². The number of nitrogens with zero attached hydrogens (tertiary/aromatic N) is 2. The minimum Gasteiger partial charge on any atom is -0.465 e. The number of rotatable bonds is 7. The van der Waals surface area contributed by atoms with Crippen LogP contribution in [0.25, 0.3) is 0 Å². The van der Waals surface area contributed by atoms with Crippen LogP contribution in [-0.4, -0.2) is 81.7 Å². The second-order valence-electron chi connectivity index (χ2n) is 8.93. The van der Waals surface area contributed by atoms with Crippen LogP contribution in [0.2, 0.25) is 0 Å². The number of benzene rings is 1. The summed E-state index contributed by atoms with van der Waals surface area (Å²) in [4.78, 5) is 15.3. The first-order valence-corrected chi connectivity index (χ1v) is 13.1. The first kappa shape index (κ1) is 24.9. The molecule has 2 fully saturated rings. The monoisotopic (exact) mass is 491 g/mol. The van der Waals surface area contributed by atoms with E-state index < -0.39 is 10.0 Å². The third-order valence-electron chi connectivity index (χ3n) is 6.17. The van der Waals surface area contributed by atoms with Crippen LogP contribution in [-0.2, 0) is 19.5 Å². The summed E-state index contributed by atoms with van der Waals surface area (Å²) < 4.78 is 44.5. The molecule has 3 heterocycles. The van der Waals surface area contributed by atoms with Crippen LogP contribution < -0.4 is 5.32 Å². The molecule has 1 amide bonds. The van der Waals surface area contributed by atoms with Crippen molar-refractivity contribution in [3.8, 4) is 0 Å². The SMILES string of the molecule is Cc1ccc(C(CNC(=O)c2ccc(S(=O)(=O)N3CC(C)OC(C)C3)cc2)N2CCOCC2)o1. The highest BCUT2D eigenvalue weighted by atomic mass is 32.2. The number of furan rings is 1. The molecule has 9 nitrogen and oxygen atoms in total. The molecule has 34 heavy (non-hydrogen) atoms. The van der Waals surface area contributed by atoms with Crippen molar-refractivity contribution < 1.29 is 27.1 Å². The van der Waals surface area contributed by atoms with Gasteiger partial charge in [-0.3, -0.25) is 9.69 Å². The number of sulfonamides is 1. The zero-order valence-electron chi connectivity index (χ0n) is 19.9. The molecule has 2 saturated heterocycles. The maximum absolute atomic E-state index is 13.1. The van der Waals surface area contributed by atoms with Gasteiger partial charge in [0.1, 0.15) is 11.5 Å². The Kier molecular flexibility index (Phi) is 7.73. The number of carbonyl (C=O) groups is 1. The number of nitrogens with one attached hydrogen (secondary N) is 1. The predicted molar refractivity (Wildman–Crippen MR) is 126 cm³/mol. The lowest BCUT2D eigenvalue weighted by Crippen LogP contribution is -2.48. The molecule has 2 aromatic rings. The number of morpholine rings is 2. The summed E-state index contributed by atoms with van der Waals surface area (Å²) in [6.45, 7) is 9.40. The highest BCUT2D eigenvalue weighted by molar-refractivity contribution is 7.89. The van der Waals surface area contributed by atoms with Crippen LogP contribution in [0, 0.1) is 6.92 Å². The van der Waals surface area contributed by atoms with Crippen molar-refractivity contribution in [2.45, 2.75) is 43.9 Å². The van der Waals surface area contributed by atoms with Crippen LogP contribution in [0.3, 0.4) is 0 Å². The fourth-order valence-electron chi connectivity index (χ4n) is 4.48. The molecule has 0 spiro atoms. The van der Waals surface area contributed by atoms with Crippen molar-refractivity contribution in [2.24, 2.45) is 0 Å². The lowest BCUT2D eigenvalue weighted by molar-refractivity contribution is -0.0440. The van der Waals surface area contributed by atoms with Gasteiger partial charge >= 0.3 is 0 Å². The Morgan fingerprint density at radius 3 is 2.29 bits per heavy atom. The molecule has 3 unspecified atom stereocenters. The zero-order chi connectivity index (χ0) is 24.3. The van der Waals surface area contributed by atoms with Gasteiger partial charge in [-0.15, -0.1) is 0 Å². The van der Waals surface area contributed by atoms with Crippen molar-refractivity contribution in [3.63, 3.8) is 0 Å². The van der Waals surface area contributed by atoms with Gasteiger partial charge in [0.05, 0.1) is 36.4 Å². The third-order valence-corrected chi connectivity index (χ3v) is 8.02. The molecule has 1 N–H and O–H groups in total. The smallest absolute Gasteiger partial charge is 0.251 e. The highest BCUT2D eigenvalue weighted by Crippen LogP contribution is 2.24. The first-order chi connectivity index (χ1) is 16.2. The summed E-state index contributed by atoms with van der Waals surface area (Å²) in [5, 5.41) is 2.98. The molecule has 1 aromatic carbocycles. The normalized spacial score (nSPS) is 23.5. The maximum Gasteiger partial charge on any atom is 0.251 e. The molecule has 0 aliphatic carbocycles. The molecule has 2 aliphatic rings.